The zero-order chi connectivity index (χ0) is 26.6. The lowest BCUT2D eigenvalue weighted by molar-refractivity contribution is -0.141. The van der Waals surface area contributed by atoms with E-state index in [1.807, 2.05) is 13.8 Å². The molecule has 2 aromatic heterocycles. The third-order valence-electron chi connectivity index (χ3n) is 6.36. The molecule has 1 aromatic carbocycles. The normalized spacial score (nSPS) is 18.1. The molecule has 9 nitrogen and oxygen atoms in total. The zero-order valence-corrected chi connectivity index (χ0v) is 20.6. The molecule has 0 saturated heterocycles. The first-order valence-electron chi connectivity index (χ1n) is 12.2. The van der Waals surface area contributed by atoms with Crippen molar-refractivity contribution in [1.82, 2.24) is 30.6 Å². The highest BCUT2D eigenvalue weighted by Gasteiger charge is 2.39. The Hall–Kier alpha value is -3.70. The van der Waals surface area contributed by atoms with Crippen molar-refractivity contribution in [3.8, 4) is 5.69 Å². The number of carbonyl (C=O) groups excluding carboxylic acids is 2. The van der Waals surface area contributed by atoms with Crippen LogP contribution >= 0.6 is 0 Å². The Bertz CT molecular complexity index is 1210. The molecule has 0 spiro atoms. The molecule has 0 aliphatic heterocycles. The molecule has 12 heteroatoms. The van der Waals surface area contributed by atoms with Crippen LogP contribution in [0.25, 0.3) is 5.69 Å². The van der Waals surface area contributed by atoms with Crippen molar-refractivity contribution in [2.24, 2.45) is 5.92 Å². The van der Waals surface area contributed by atoms with Gasteiger partial charge in [-0.05, 0) is 37.8 Å². The summed E-state index contributed by atoms with van der Waals surface area (Å²) in [4.78, 5) is 25.1. The van der Waals surface area contributed by atoms with E-state index >= 15 is 0 Å². The summed E-state index contributed by atoms with van der Waals surface area (Å²) >= 11 is 0. The van der Waals surface area contributed by atoms with Crippen LogP contribution in [0.1, 0.15) is 79.2 Å². The number of amides is 2. The van der Waals surface area contributed by atoms with Gasteiger partial charge in [-0.25, -0.2) is 4.68 Å². The van der Waals surface area contributed by atoms with Crippen LogP contribution in [0.15, 0.2) is 40.9 Å². The molecule has 37 heavy (non-hydrogen) atoms. The van der Waals surface area contributed by atoms with Crippen LogP contribution in [0.5, 0.6) is 0 Å². The topological polar surface area (TPSA) is 115 Å². The molecule has 1 aliphatic carbocycles. The van der Waals surface area contributed by atoms with Crippen LogP contribution in [-0.4, -0.2) is 44.9 Å². The largest absolute Gasteiger partial charge is 0.435 e. The van der Waals surface area contributed by atoms with Gasteiger partial charge in [-0.2, -0.15) is 18.3 Å². The van der Waals surface area contributed by atoms with Gasteiger partial charge in [0.25, 0.3) is 5.91 Å². The highest BCUT2D eigenvalue weighted by atomic mass is 19.4. The second-order valence-electron chi connectivity index (χ2n) is 9.40. The van der Waals surface area contributed by atoms with E-state index in [1.54, 1.807) is 30.3 Å². The molecule has 0 atom stereocenters. The highest BCUT2D eigenvalue weighted by molar-refractivity contribution is 5.95. The Morgan fingerprint density at radius 1 is 1.05 bits per heavy atom. The van der Waals surface area contributed by atoms with E-state index in [9.17, 15) is 22.8 Å². The van der Waals surface area contributed by atoms with Crippen LogP contribution in [-0.2, 0) is 11.0 Å². The molecule has 1 saturated carbocycles. The number of nitrogens with zero attached hydrogens (tertiary/aromatic N) is 4. The van der Waals surface area contributed by atoms with Gasteiger partial charge in [0, 0.05) is 37.0 Å². The zero-order valence-electron chi connectivity index (χ0n) is 20.6. The predicted octanol–water partition coefficient (Wildman–Crippen LogP) is 4.22. The third kappa shape index (κ3) is 6.36. The monoisotopic (exact) mass is 518 g/mol. The van der Waals surface area contributed by atoms with Crippen molar-refractivity contribution in [2.45, 2.75) is 57.5 Å². The van der Waals surface area contributed by atoms with Crippen molar-refractivity contribution >= 4 is 11.8 Å². The number of aromatic nitrogens is 4. The molecular weight excluding hydrogens is 489 g/mol. The molecule has 2 amide bonds. The molecule has 2 N–H and O–H groups in total. The average molecular weight is 519 g/mol. The molecule has 4 rings (SSSR count). The summed E-state index contributed by atoms with van der Waals surface area (Å²) in [7, 11) is 0. The Kier molecular flexibility index (Phi) is 7.94. The number of nitrogens with one attached hydrogen (secondary N) is 2. The maximum atomic E-state index is 13.5. The summed E-state index contributed by atoms with van der Waals surface area (Å²) in [5.74, 6) is 0.261. The maximum Gasteiger partial charge on any atom is 0.435 e. The number of halogens is 3. The van der Waals surface area contributed by atoms with Crippen molar-refractivity contribution in [1.29, 1.82) is 0 Å². The lowest BCUT2D eigenvalue weighted by Gasteiger charge is -2.25. The second-order valence-corrected chi connectivity index (χ2v) is 9.40. The van der Waals surface area contributed by atoms with Gasteiger partial charge in [-0.1, -0.05) is 32.0 Å². The van der Waals surface area contributed by atoms with Crippen LogP contribution in [0.2, 0.25) is 0 Å². The van der Waals surface area contributed by atoms with Crippen LogP contribution in [0.4, 0.5) is 13.2 Å². The summed E-state index contributed by atoms with van der Waals surface area (Å²) in [5, 5.41) is 17.0. The molecule has 0 bridgehead atoms. The molecule has 1 aliphatic rings. The first-order valence-corrected chi connectivity index (χ1v) is 12.2. The van der Waals surface area contributed by atoms with Gasteiger partial charge in [0.2, 0.25) is 17.7 Å². The number of carbonyl (C=O) groups is 2. The summed E-state index contributed by atoms with van der Waals surface area (Å²) < 4.78 is 47.2. The summed E-state index contributed by atoms with van der Waals surface area (Å²) in [6.07, 6.45) is -0.915. The first-order chi connectivity index (χ1) is 17.6. The Balaban J connectivity index is 1.26. The molecule has 2 heterocycles. The minimum atomic E-state index is -4.79. The summed E-state index contributed by atoms with van der Waals surface area (Å²) in [6, 6.07) is 8.21. The number of hydrogen-bond acceptors (Lipinski definition) is 6. The van der Waals surface area contributed by atoms with Crippen molar-refractivity contribution in [3.05, 3.63) is 59.6 Å². The number of para-hydroxylation sites is 1. The second kappa shape index (κ2) is 11.1. The maximum absolute atomic E-state index is 13.5. The Labute approximate surface area is 211 Å². The van der Waals surface area contributed by atoms with E-state index in [-0.39, 0.29) is 36.8 Å². The quantitative estimate of drug-likeness (QED) is 0.432. The molecule has 0 radical (unpaired) electrons. The Morgan fingerprint density at radius 3 is 2.35 bits per heavy atom. The lowest BCUT2D eigenvalue weighted by atomic mass is 9.81. The molecule has 1 fully saturated rings. The number of alkyl halides is 3. The van der Waals surface area contributed by atoms with Gasteiger partial charge >= 0.3 is 6.18 Å². The standard InChI is InChI=1S/C25H29F3N6O3/c1-15(2)23-31-32-24(37-23)17-10-8-16(9-11-17)21(35)29-12-13-30-22(36)19-14-34(18-6-4-3-5-7-18)33-20(19)25(26,27)28/h3-7,14-17H,8-13H2,1-2H3,(H,29,35)(H,30,36)/t16-,17-. The molecule has 0 unspecified atom stereocenters. The fourth-order valence-electron chi connectivity index (χ4n) is 4.31. The molecular formula is C25H29F3N6O3. The molecule has 3 aromatic rings. The van der Waals surface area contributed by atoms with Crippen molar-refractivity contribution in [2.75, 3.05) is 13.1 Å². The average Bonchev–Trinajstić information content (AvgIpc) is 3.55. The van der Waals surface area contributed by atoms with Crippen LogP contribution in [0.3, 0.4) is 0 Å². The third-order valence-corrected chi connectivity index (χ3v) is 6.36. The van der Waals surface area contributed by atoms with E-state index in [0.717, 1.165) is 23.7 Å². The van der Waals surface area contributed by atoms with Gasteiger partial charge in [-0.3, -0.25) is 9.59 Å². The van der Waals surface area contributed by atoms with Gasteiger partial charge in [0.1, 0.15) is 0 Å². The lowest BCUT2D eigenvalue weighted by Crippen LogP contribution is -2.38. The summed E-state index contributed by atoms with van der Waals surface area (Å²) in [5.41, 5.74) is -1.45. The fourth-order valence-corrected chi connectivity index (χ4v) is 4.31. The first kappa shape index (κ1) is 26.4. The summed E-state index contributed by atoms with van der Waals surface area (Å²) in [6.45, 7) is 4.04. The van der Waals surface area contributed by atoms with Gasteiger partial charge < -0.3 is 15.1 Å². The van der Waals surface area contributed by atoms with Gasteiger partial charge in [0.05, 0.1) is 11.3 Å². The fraction of sp³-hybridized carbons (Fsp3) is 0.480. The van der Waals surface area contributed by atoms with Crippen LogP contribution < -0.4 is 10.6 Å². The van der Waals surface area contributed by atoms with Gasteiger partial charge in [0.15, 0.2) is 5.69 Å². The van der Waals surface area contributed by atoms with Crippen molar-refractivity contribution in [3.63, 3.8) is 0 Å². The minimum absolute atomic E-state index is 0.0201. The van der Waals surface area contributed by atoms with E-state index in [2.05, 4.69) is 25.9 Å². The SMILES string of the molecule is CC(C)c1nnc([C@H]2CC[C@H](C(=O)NCCNC(=O)c3cn(-c4ccccc4)nc3C(F)(F)F)CC2)o1. The molecule has 198 valence electrons. The van der Waals surface area contributed by atoms with E-state index in [4.69, 9.17) is 4.42 Å². The predicted molar refractivity (Wildman–Crippen MR) is 127 cm³/mol. The number of benzene rings is 1. The van der Waals surface area contributed by atoms with Gasteiger partial charge in [-0.15, -0.1) is 10.2 Å². The smallest absolute Gasteiger partial charge is 0.425 e. The van der Waals surface area contributed by atoms with Crippen LogP contribution in [0, 0.1) is 5.92 Å². The Morgan fingerprint density at radius 2 is 1.73 bits per heavy atom. The van der Waals surface area contributed by atoms with E-state index in [1.165, 1.54) is 0 Å². The van der Waals surface area contributed by atoms with E-state index in [0.29, 0.717) is 30.3 Å². The minimum Gasteiger partial charge on any atom is -0.425 e. The number of rotatable bonds is 8. The van der Waals surface area contributed by atoms with Crippen molar-refractivity contribution < 1.29 is 27.2 Å². The van der Waals surface area contributed by atoms with E-state index < -0.39 is 23.3 Å². The number of hydrogen-bond donors (Lipinski definition) is 2. The highest BCUT2D eigenvalue weighted by Crippen LogP contribution is 2.36.